The highest BCUT2D eigenvalue weighted by atomic mass is 35.5. The maximum atomic E-state index is 12.6. The first kappa shape index (κ1) is 22.2. The third-order valence-electron chi connectivity index (χ3n) is 5.61. The number of hydrogen-bond donors (Lipinski definition) is 1. The van der Waals surface area contributed by atoms with Crippen molar-refractivity contribution in [2.75, 3.05) is 20.3 Å². The number of halogens is 1. The van der Waals surface area contributed by atoms with Crippen molar-refractivity contribution in [1.29, 1.82) is 0 Å². The van der Waals surface area contributed by atoms with E-state index in [1.807, 2.05) is 13.0 Å². The van der Waals surface area contributed by atoms with Gasteiger partial charge in [-0.25, -0.2) is 0 Å². The Labute approximate surface area is 189 Å². The van der Waals surface area contributed by atoms with E-state index in [9.17, 15) is 9.59 Å². The second-order valence-electron chi connectivity index (χ2n) is 7.76. The lowest BCUT2D eigenvalue weighted by Crippen LogP contribution is -2.37. The summed E-state index contributed by atoms with van der Waals surface area (Å²) in [4.78, 5) is 23.5. The van der Waals surface area contributed by atoms with E-state index in [2.05, 4.69) is 0 Å². The Balaban J connectivity index is 1.57. The number of fused-ring (bicyclic) bond motifs is 1. The standard InChI is InChI=1S/C24H23ClO7/c1-13-8-17(22-11-19(26)16-4-3-5-18(25)23(16)32-22)21(12-20(13)29-2)31-7-6-30-15-9-14(10-15)24(27)28/h3-5,8,11-12,14-15H,6-7,9-10H2,1-2H3,(H,27,28)/t14-,15-. The minimum atomic E-state index is -0.783. The molecule has 1 aliphatic carbocycles. The topological polar surface area (TPSA) is 95.2 Å². The molecule has 1 fully saturated rings. The third kappa shape index (κ3) is 4.45. The van der Waals surface area contributed by atoms with Gasteiger partial charge in [0.05, 0.1) is 41.7 Å². The van der Waals surface area contributed by atoms with E-state index in [0.717, 1.165) is 5.56 Å². The van der Waals surface area contributed by atoms with Crippen molar-refractivity contribution in [3.05, 3.63) is 57.2 Å². The van der Waals surface area contributed by atoms with E-state index < -0.39 is 5.97 Å². The average Bonchev–Trinajstić information content (AvgIpc) is 2.73. The number of aryl methyl sites for hydroxylation is 1. The van der Waals surface area contributed by atoms with Crippen LogP contribution in [0.1, 0.15) is 18.4 Å². The fourth-order valence-corrected chi connectivity index (χ4v) is 3.96. The van der Waals surface area contributed by atoms with Gasteiger partial charge in [-0.15, -0.1) is 0 Å². The normalized spacial score (nSPS) is 17.7. The minimum Gasteiger partial charge on any atom is -0.496 e. The number of hydrogen-bond acceptors (Lipinski definition) is 6. The number of carboxylic acid groups (broad SMARTS) is 1. The predicted molar refractivity (Wildman–Crippen MR) is 120 cm³/mol. The van der Waals surface area contributed by atoms with Crippen LogP contribution in [0.5, 0.6) is 11.5 Å². The van der Waals surface area contributed by atoms with Crippen molar-refractivity contribution in [3.63, 3.8) is 0 Å². The fourth-order valence-electron chi connectivity index (χ4n) is 3.75. The maximum absolute atomic E-state index is 12.6. The summed E-state index contributed by atoms with van der Waals surface area (Å²) >= 11 is 6.25. The summed E-state index contributed by atoms with van der Waals surface area (Å²) in [5.74, 6) is 0.336. The van der Waals surface area contributed by atoms with E-state index in [1.165, 1.54) is 6.07 Å². The van der Waals surface area contributed by atoms with E-state index in [0.29, 0.717) is 58.3 Å². The van der Waals surface area contributed by atoms with Crippen LogP contribution < -0.4 is 14.9 Å². The Bertz CT molecular complexity index is 1210. The fraction of sp³-hybridized carbons (Fsp3) is 0.333. The molecule has 168 valence electrons. The first-order chi connectivity index (χ1) is 15.4. The van der Waals surface area contributed by atoms with Gasteiger partial charge in [0.1, 0.15) is 23.9 Å². The molecule has 3 aromatic rings. The van der Waals surface area contributed by atoms with Gasteiger partial charge in [-0.1, -0.05) is 17.7 Å². The summed E-state index contributed by atoms with van der Waals surface area (Å²) in [5, 5.41) is 9.71. The van der Waals surface area contributed by atoms with Gasteiger partial charge in [-0.2, -0.15) is 0 Å². The van der Waals surface area contributed by atoms with Crippen molar-refractivity contribution >= 4 is 28.5 Å². The molecule has 1 aliphatic rings. The summed E-state index contributed by atoms with van der Waals surface area (Å²) in [6.07, 6.45) is 0.969. The largest absolute Gasteiger partial charge is 0.496 e. The van der Waals surface area contributed by atoms with Crippen molar-refractivity contribution < 1.29 is 28.5 Å². The second-order valence-corrected chi connectivity index (χ2v) is 8.16. The number of carbonyl (C=O) groups is 1. The molecule has 1 aromatic heterocycles. The van der Waals surface area contributed by atoms with Gasteiger partial charge < -0.3 is 23.7 Å². The quantitative estimate of drug-likeness (QED) is 0.489. The average molecular weight is 459 g/mol. The molecule has 0 unspecified atom stereocenters. The summed E-state index contributed by atoms with van der Waals surface area (Å²) in [6, 6.07) is 10.0. The Hall–Kier alpha value is -3.03. The van der Waals surface area contributed by atoms with Gasteiger partial charge in [0.15, 0.2) is 11.0 Å². The van der Waals surface area contributed by atoms with Crippen LogP contribution >= 0.6 is 11.6 Å². The predicted octanol–water partition coefficient (Wildman–Crippen LogP) is 4.69. The van der Waals surface area contributed by atoms with Gasteiger partial charge in [-0.3, -0.25) is 9.59 Å². The Kier molecular flexibility index (Phi) is 6.39. The molecule has 0 saturated heterocycles. The molecule has 1 N–H and O–H groups in total. The van der Waals surface area contributed by atoms with Gasteiger partial charge in [0.25, 0.3) is 0 Å². The van der Waals surface area contributed by atoms with Crippen LogP contribution in [0.15, 0.2) is 45.6 Å². The van der Waals surface area contributed by atoms with Crippen molar-refractivity contribution in [1.82, 2.24) is 0 Å². The number of carboxylic acids is 1. The number of benzene rings is 2. The van der Waals surface area contributed by atoms with Crippen LogP contribution in [-0.2, 0) is 9.53 Å². The van der Waals surface area contributed by atoms with E-state index in [-0.39, 0.29) is 24.1 Å². The molecule has 0 radical (unpaired) electrons. The molecule has 0 atom stereocenters. The SMILES string of the molecule is COc1cc(OCCO[C@H]2C[C@H](C(=O)O)C2)c(-c2cc(=O)c3cccc(Cl)c3o2)cc1C. The summed E-state index contributed by atoms with van der Waals surface area (Å²) in [7, 11) is 1.57. The lowest BCUT2D eigenvalue weighted by Gasteiger charge is -2.32. The van der Waals surface area contributed by atoms with Crippen LogP contribution in [-0.4, -0.2) is 37.5 Å². The molecule has 0 bridgehead atoms. The minimum absolute atomic E-state index is 0.0626. The summed E-state index contributed by atoms with van der Waals surface area (Å²) in [6.45, 7) is 2.43. The van der Waals surface area contributed by atoms with Crippen LogP contribution in [0.25, 0.3) is 22.3 Å². The van der Waals surface area contributed by atoms with Crippen molar-refractivity contribution in [3.8, 4) is 22.8 Å². The Morgan fingerprint density at radius 3 is 2.69 bits per heavy atom. The Morgan fingerprint density at radius 2 is 1.97 bits per heavy atom. The zero-order chi connectivity index (χ0) is 22.8. The molecule has 1 heterocycles. The molecule has 8 heteroatoms. The number of rotatable bonds is 8. The molecule has 7 nitrogen and oxygen atoms in total. The van der Waals surface area contributed by atoms with Crippen molar-refractivity contribution in [2.24, 2.45) is 5.92 Å². The zero-order valence-corrected chi connectivity index (χ0v) is 18.5. The smallest absolute Gasteiger partial charge is 0.306 e. The Morgan fingerprint density at radius 1 is 1.19 bits per heavy atom. The molecule has 0 amide bonds. The third-order valence-corrected chi connectivity index (χ3v) is 5.91. The zero-order valence-electron chi connectivity index (χ0n) is 17.7. The first-order valence-corrected chi connectivity index (χ1v) is 10.6. The number of methoxy groups -OCH3 is 1. The molecule has 4 rings (SSSR count). The van der Waals surface area contributed by atoms with E-state index in [4.69, 9.17) is 35.3 Å². The summed E-state index contributed by atoms with van der Waals surface area (Å²) < 4.78 is 23.0. The van der Waals surface area contributed by atoms with Crippen LogP contribution in [0.3, 0.4) is 0 Å². The lowest BCUT2D eigenvalue weighted by molar-refractivity contribution is -0.151. The molecule has 2 aromatic carbocycles. The lowest BCUT2D eigenvalue weighted by atomic mass is 9.82. The molecular weight excluding hydrogens is 436 g/mol. The molecular formula is C24H23ClO7. The first-order valence-electron chi connectivity index (χ1n) is 10.3. The van der Waals surface area contributed by atoms with Crippen LogP contribution in [0, 0.1) is 12.8 Å². The van der Waals surface area contributed by atoms with Gasteiger partial charge >= 0.3 is 5.97 Å². The maximum Gasteiger partial charge on any atom is 0.306 e. The monoisotopic (exact) mass is 458 g/mol. The van der Waals surface area contributed by atoms with Gasteiger partial charge in [-0.05, 0) is 43.5 Å². The van der Waals surface area contributed by atoms with Crippen molar-refractivity contribution in [2.45, 2.75) is 25.9 Å². The number of para-hydroxylation sites is 1. The molecule has 0 spiro atoms. The number of aliphatic carboxylic acids is 1. The highest BCUT2D eigenvalue weighted by molar-refractivity contribution is 6.34. The molecule has 32 heavy (non-hydrogen) atoms. The van der Waals surface area contributed by atoms with E-state index in [1.54, 1.807) is 31.4 Å². The van der Waals surface area contributed by atoms with E-state index >= 15 is 0 Å². The molecule has 0 aliphatic heterocycles. The van der Waals surface area contributed by atoms with Gasteiger partial charge in [0, 0.05) is 12.1 Å². The van der Waals surface area contributed by atoms with Crippen LogP contribution in [0.2, 0.25) is 5.02 Å². The van der Waals surface area contributed by atoms with Gasteiger partial charge in [0.2, 0.25) is 0 Å². The molecule has 1 saturated carbocycles. The number of ether oxygens (including phenoxy) is 3. The van der Waals surface area contributed by atoms with Crippen LogP contribution in [0.4, 0.5) is 0 Å². The second kappa shape index (κ2) is 9.22. The highest BCUT2D eigenvalue weighted by Crippen LogP contribution is 2.37. The summed E-state index contributed by atoms with van der Waals surface area (Å²) in [5.41, 5.74) is 1.56. The highest BCUT2D eigenvalue weighted by Gasteiger charge is 2.35.